The summed E-state index contributed by atoms with van der Waals surface area (Å²) in [5.41, 5.74) is 0.859. The molecule has 9 heteroatoms. The summed E-state index contributed by atoms with van der Waals surface area (Å²) in [6, 6.07) is 10.3. The molecule has 0 saturated carbocycles. The predicted molar refractivity (Wildman–Crippen MR) is 93.2 cm³/mol. The Bertz CT molecular complexity index is 799. The molecule has 1 amide bonds. The molecule has 0 aromatic heterocycles. The Kier molecular flexibility index (Phi) is 7.36. The highest BCUT2D eigenvalue weighted by Gasteiger charge is 2.13. The van der Waals surface area contributed by atoms with Crippen LogP contribution in [0.25, 0.3) is 0 Å². The van der Waals surface area contributed by atoms with E-state index in [-0.39, 0.29) is 23.6 Å². The van der Waals surface area contributed by atoms with Crippen LogP contribution in [0.15, 0.2) is 42.5 Å². The smallest absolute Gasteiger partial charge is 0.387 e. The van der Waals surface area contributed by atoms with E-state index in [9.17, 15) is 18.4 Å². The maximum absolute atomic E-state index is 12.3. The third-order valence-corrected chi connectivity index (χ3v) is 3.60. The maximum Gasteiger partial charge on any atom is 0.387 e. The van der Waals surface area contributed by atoms with Crippen LogP contribution in [0.2, 0.25) is 5.02 Å². The fourth-order valence-corrected chi connectivity index (χ4v) is 2.19. The van der Waals surface area contributed by atoms with Crippen molar-refractivity contribution in [2.45, 2.75) is 13.2 Å². The molecular weight excluding hydrogens is 384 g/mol. The van der Waals surface area contributed by atoms with E-state index >= 15 is 0 Å². The predicted octanol–water partition coefficient (Wildman–Crippen LogP) is 3.42. The van der Waals surface area contributed by atoms with Gasteiger partial charge in [0.2, 0.25) is 0 Å². The molecule has 0 bridgehead atoms. The van der Waals surface area contributed by atoms with E-state index in [0.717, 1.165) is 0 Å². The first kappa shape index (κ1) is 20.4. The number of hydrogen-bond acceptors (Lipinski definition) is 5. The van der Waals surface area contributed by atoms with Crippen LogP contribution in [0.5, 0.6) is 11.5 Å². The Morgan fingerprint density at radius 1 is 1.11 bits per heavy atom. The Hall–Kier alpha value is -2.87. The molecule has 6 nitrogen and oxygen atoms in total. The van der Waals surface area contributed by atoms with Gasteiger partial charge in [-0.25, -0.2) is 4.79 Å². The van der Waals surface area contributed by atoms with Crippen molar-refractivity contribution >= 4 is 23.5 Å². The minimum absolute atomic E-state index is 0.0860. The Labute approximate surface area is 159 Å². The number of ether oxygens (including phenoxy) is 3. The first-order chi connectivity index (χ1) is 12.9. The van der Waals surface area contributed by atoms with E-state index in [4.69, 9.17) is 21.1 Å². The van der Waals surface area contributed by atoms with Crippen LogP contribution in [0.4, 0.5) is 8.78 Å². The van der Waals surface area contributed by atoms with Crippen molar-refractivity contribution in [1.82, 2.24) is 5.32 Å². The molecular formula is C18H16ClF2NO5. The average Bonchev–Trinajstić information content (AvgIpc) is 2.65. The van der Waals surface area contributed by atoms with Gasteiger partial charge in [-0.15, -0.1) is 0 Å². The van der Waals surface area contributed by atoms with E-state index in [2.05, 4.69) is 10.1 Å². The summed E-state index contributed by atoms with van der Waals surface area (Å²) < 4.78 is 38.8. The molecule has 0 aliphatic heterocycles. The number of nitrogens with one attached hydrogen (secondary N) is 1. The molecule has 27 heavy (non-hydrogen) atoms. The van der Waals surface area contributed by atoms with Gasteiger partial charge in [-0.05, 0) is 42.0 Å². The van der Waals surface area contributed by atoms with Crippen LogP contribution >= 0.6 is 11.6 Å². The van der Waals surface area contributed by atoms with Gasteiger partial charge in [0.1, 0.15) is 0 Å². The lowest BCUT2D eigenvalue weighted by molar-refractivity contribution is -0.124. The monoisotopic (exact) mass is 399 g/mol. The minimum atomic E-state index is -2.97. The van der Waals surface area contributed by atoms with Gasteiger partial charge in [0, 0.05) is 11.6 Å². The van der Waals surface area contributed by atoms with Crippen molar-refractivity contribution in [2.24, 2.45) is 0 Å². The lowest BCUT2D eigenvalue weighted by Crippen LogP contribution is -2.28. The van der Waals surface area contributed by atoms with Crippen LogP contribution in [0.1, 0.15) is 15.9 Å². The molecule has 0 radical (unpaired) electrons. The number of esters is 1. The van der Waals surface area contributed by atoms with Gasteiger partial charge in [-0.3, -0.25) is 4.79 Å². The SMILES string of the molecule is COc1cc(CNC(=O)COC(=O)c2ccc(Cl)cc2)ccc1OC(F)F. The first-order valence-electron chi connectivity index (χ1n) is 7.70. The zero-order valence-electron chi connectivity index (χ0n) is 14.2. The van der Waals surface area contributed by atoms with Gasteiger partial charge in [0.05, 0.1) is 12.7 Å². The lowest BCUT2D eigenvalue weighted by atomic mass is 10.2. The molecule has 2 rings (SSSR count). The number of alkyl halides is 2. The average molecular weight is 400 g/mol. The van der Waals surface area contributed by atoms with Gasteiger partial charge in [0.15, 0.2) is 18.1 Å². The number of amides is 1. The summed E-state index contributed by atoms with van der Waals surface area (Å²) in [4.78, 5) is 23.6. The Morgan fingerprint density at radius 3 is 2.44 bits per heavy atom. The van der Waals surface area contributed by atoms with Crippen LogP contribution < -0.4 is 14.8 Å². The van der Waals surface area contributed by atoms with E-state index in [0.29, 0.717) is 10.6 Å². The van der Waals surface area contributed by atoms with Crippen molar-refractivity contribution in [3.8, 4) is 11.5 Å². The number of hydrogen-bond donors (Lipinski definition) is 1. The van der Waals surface area contributed by atoms with Gasteiger partial charge < -0.3 is 19.5 Å². The summed E-state index contributed by atoms with van der Waals surface area (Å²) in [6.45, 7) is -3.35. The number of carbonyl (C=O) groups is 2. The Balaban J connectivity index is 1.84. The number of halogens is 3. The highest BCUT2D eigenvalue weighted by molar-refractivity contribution is 6.30. The van der Waals surface area contributed by atoms with Gasteiger partial charge in [-0.1, -0.05) is 17.7 Å². The molecule has 0 saturated heterocycles. The second kappa shape index (κ2) is 9.72. The normalized spacial score (nSPS) is 10.4. The molecule has 0 heterocycles. The van der Waals surface area contributed by atoms with E-state index in [1.807, 2.05) is 0 Å². The number of carbonyl (C=O) groups excluding carboxylic acids is 2. The minimum Gasteiger partial charge on any atom is -0.493 e. The summed E-state index contributed by atoms with van der Waals surface area (Å²) in [5.74, 6) is -1.18. The molecule has 0 fully saturated rings. The van der Waals surface area contributed by atoms with E-state index in [1.165, 1.54) is 49.6 Å². The molecule has 1 N–H and O–H groups in total. The molecule has 0 aliphatic rings. The van der Waals surface area contributed by atoms with E-state index in [1.54, 1.807) is 0 Å². The maximum atomic E-state index is 12.3. The van der Waals surface area contributed by atoms with Crippen molar-refractivity contribution < 1.29 is 32.6 Å². The van der Waals surface area contributed by atoms with Crippen molar-refractivity contribution in [2.75, 3.05) is 13.7 Å². The fourth-order valence-electron chi connectivity index (χ4n) is 2.07. The summed E-state index contributed by atoms with van der Waals surface area (Å²) in [6.07, 6.45) is 0. The highest BCUT2D eigenvalue weighted by atomic mass is 35.5. The fraction of sp³-hybridized carbons (Fsp3) is 0.222. The lowest BCUT2D eigenvalue weighted by Gasteiger charge is -2.12. The highest BCUT2D eigenvalue weighted by Crippen LogP contribution is 2.29. The van der Waals surface area contributed by atoms with Crippen molar-refractivity contribution in [3.05, 3.63) is 58.6 Å². The molecule has 0 aliphatic carbocycles. The zero-order valence-corrected chi connectivity index (χ0v) is 15.0. The van der Waals surface area contributed by atoms with Gasteiger partial charge in [-0.2, -0.15) is 8.78 Å². The van der Waals surface area contributed by atoms with Crippen LogP contribution in [-0.2, 0) is 16.1 Å². The second-order valence-corrected chi connectivity index (χ2v) is 5.66. The molecule has 144 valence electrons. The van der Waals surface area contributed by atoms with Crippen LogP contribution in [-0.4, -0.2) is 32.2 Å². The first-order valence-corrected chi connectivity index (χ1v) is 8.08. The van der Waals surface area contributed by atoms with E-state index < -0.39 is 25.1 Å². The quantitative estimate of drug-likeness (QED) is 0.688. The summed E-state index contributed by atoms with van der Waals surface area (Å²) in [7, 11) is 1.31. The number of methoxy groups -OCH3 is 1. The number of benzene rings is 2. The topological polar surface area (TPSA) is 73.9 Å². The second-order valence-electron chi connectivity index (χ2n) is 5.22. The van der Waals surface area contributed by atoms with Gasteiger partial charge >= 0.3 is 12.6 Å². The molecule has 2 aromatic rings. The molecule has 0 spiro atoms. The third kappa shape index (κ3) is 6.41. The molecule has 0 unspecified atom stereocenters. The number of rotatable bonds is 8. The standard InChI is InChI=1S/C18H16ClF2NO5/c1-25-15-8-11(2-7-14(15)27-18(20)21)9-22-16(23)10-26-17(24)12-3-5-13(19)6-4-12/h2-8,18H,9-10H2,1H3,(H,22,23). The van der Waals surface area contributed by atoms with Crippen molar-refractivity contribution in [1.29, 1.82) is 0 Å². The molecule has 0 atom stereocenters. The summed E-state index contributed by atoms with van der Waals surface area (Å²) >= 11 is 5.73. The van der Waals surface area contributed by atoms with Crippen molar-refractivity contribution in [3.63, 3.8) is 0 Å². The van der Waals surface area contributed by atoms with Crippen LogP contribution in [0.3, 0.4) is 0 Å². The summed E-state index contributed by atoms with van der Waals surface area (Å²) in [5, 5.41) is 3.02. The zero-order chi connectivity index (χ0) is 19.8. The van der Waals surface area contributed by atoms with Gasteiger partial charge in [0.25, 0.3) is 5.91 Å². The van der Waals surface area contributed by atoms with Crippen LogP contribution in [0, 0.1) is 0 Å². The third-order valence-electron chi connectivity index (χ3n) is 3.35. The Morgan fingerprint density at radius 2 is 1.81 bits per heavy atom. The largest absolute Gasteiger partial charge is 0.493 e. The molecule has 2 aromatic carbocycles.